The molecule has 0 N–H and O–H groups in total. The highest BCUT2D eigenvalue weighted by Crippen LogP contribution is 2.36. The molecule has 0 bridgehead atoms. The highest BCUT2D eigenvalue weighted by atomic mass is 15.1. The van der Waals surface area contributed by atoms with Crippen LogP contribution in [0.15, 0.2) is 24.8 Å². The Morgan fingerprint density at radius 3 is 1.51 bits per heavy atom. The summed E-state index contributed by atoms with van der Waals surface area (Å²) in [4.78, 5) is 2.63. The van der Waals surface area contributed by atoms with Crippen molar-refractivity contribution in [3.05, 3.63) is 24.8 Å². The van der Waals surface area contributed by atoms with Crippen LogP contribution < -0.4 is 0 Å². The molecule has 0 aliphatic carbocycles. The van der Waals surface area contributed by atoms with Gasteiger partial charge in [-0.1, -0.05) is 155 Å². The summed E-state index contributed by atoms with van der Waals surface area (Å²) < 4.78 is 0. The summed E-state index contributed by atoms with van der Waals surface area (Å²) in [5, 5.41) is 8.95. The molecule has 1 atom stereocenters. The van der Waals surface area contributed by atoms with E-state index in [-0.39, 0.29) is 5.41 Å². The smallest absolute Gasteiger partial charge is 0.0622 e. The molecule has 0 radical (unpaired) electrons. The Morgan fingerprint density at radius 1 is 0.641 bits per heavy atom. The number of unbranched alkanes of at least 4 members (excludes halogenated alkanes) is 19. The van der Waals surface area contributed by atoms with Crippen molar-refractivity contribution in [3.63, 3.8) is 0 Å². The molecule has 2 heteroatoms. The van der Waals surface area contributed by atoms with Crippen LogP contribution in [-0.4, -0.2) is 24.5 Å². The lowest BCUT2D eigenvalue weighted by Gasteiger charge is -2.29. The van der Waals surface area contributed by atoms with Gasteiger partial charge in [-0.15, -0.1) is 6.58 Å². The van der Waals surface area contributed by atoms with Crippen LogP contribution in [-0.2, 0) is 0 Å². The van der Waals surface area contributed by atoms with E-state index in [1.165, 1.54) is 160 Å². The molecule has 0 saturated carbocycles. The molecule has 39 heavy (non-hydrogen) atoms. The van der Waals surface area contributed by atoms with Gasteiger partial charge in [-0.05, 0) is 58.2 Å². The molecule has 0 spiro atoms. The first-order chi connectivity index (χ1) is 19.0. The molecule has 0 aliphatic rings. The van der Waals surface area contributed by atoms with Gasteiger partial charge in [-0.2, -0.15) is 5.26 Å². The molecule has 0 aromatic heterocycles. The highest BCUT2D eigenvalue weighted by molar-refractivity contribution is 5.16. The second-order valence-electron chi connectivity index (χ2n) is 12.5. The van der Waals surface area contributed by atoms with Crippen molar-refractivity contribution in [2.24, 2.45) is 5.41 Å². The molecule has 0 fully saturated rings. The van der Waals surface area contributed by atoms with E-state index < -0.39 is 0 Å². The van der Waals surface area contributed by atoms with Crippen molar-refractivity contribution in [3.8, 4) is 6.07 Å². The van der Waals surface area contributed by atoms with Crippen LogP contribution in [0.25, 0.3) is 0 Å². The lowest BCUT2D eigenvalue weighted by atomic mass is 9.76. The van der Waals surface area contributed by atoms with E-state index in [2.05, 4.69) is 51.0 Å². The Balaban J connectivity index is 4.06. The molecule has 2 nitrogen and oxygen atoms in total. The maximum absolute atomic E-state index is 8.95. The molecule has 1 unspecified atom stereocenters. The Labute approximate surface area is 247 Å². The summed E-state index contributed by atoms with van der Waals surface area (Å²) in [6.45, 7) is 19.1. The van der Waals surface area contributed by atoms with Gasteiger partial charge in [0.2, 0.25) is 0 Å². The van der Waals surface area contributed by atoms with Crippen LogP contribution in [0, 0.1) is 16.7 Å². The molecule has 0 aromatic rings. The summed E-state index contributed by atoms with van der Waals surface area (Å²) in [5.74, 6) is 0. The lowest BCUT2D eigenvalue weighted by molar-refractivity contribution is 0.257. The van der Waals surface area contributed by atoms with E-state index in [1.807, 2.05) is 0 Å². The second kappa shape index (κ2) is 28.5. The van der Waals surface area contributed by atoms with E-state index in [0.717, 1.165) is 19.4 Å². The first-order valence-corrected chi connectivity index (χ1v) is 17.4. The van der Waals surface area contributed by atoms with Crippen LogP contribution in [0.3, 0.4) is 0 Å². The van der Waals surface area contributed by atoms with E-state index in [4.69, 9.17) is 5.26 Å². The van der Waals surface area contributed by atoms with E-state index in [9.17, 15) is 0 Å². The van der Waals surface area contributed by atoms with Crippen molar-refractivity contribution in [1.82, 2.24) is 4.90 Å². The first kappa shape index (κ1) is 37.9. The van der Waals surface area contributed by atoms with Gasteiger partial charge in [0, 0.05) is 11.8 Å². The molecular weight excluding hydrogens is 472 g/mol. The van der Waals surface area contributed by atoms with Gasteiger partial charge >= 0.3 is 0 Å². The summed E-state index contributed by atoms with van der Waals surface area (Å²) in [7, 11) is 0. The quantitative estimate of drug-likeness (QED) is 0.0643. The monoisotopic (exact) mass is 543 g/mol. The average molecular weight is 543 g/mol. The maximum Gasteiger partial charge on any atom is 0.0622 e. The fraction of sp³-hybridized carbons (Fsp3) is 0.865. The van der Waals surface area contributed by atoms with Gasteiger partial charge in [0.25, 0.3) is 0 Å². The zero-order chi connectivity index (χ0) is 28.9. The number of rotatable bonds is 31. The van der Waals surface area contributed by atoms with Gasteiger partial charge in [-0.3, -0.25) is 0 Å². The number of nitrogens with zero attached hydrogens (tertiary/aromatic N) is 2. The van der Waals surface area contributed by atoms with Crippen LogP contribution in [0.4, 0.5) is 0 Å². The summed E-state index contributed by atoms with van der Waals surface area (Å²) in [6, 6.07) is 2.32. The number of nitriles is 1. The largest absolute Gasteiger partial charge is 0.303 e. The van der Waals surface area contributed by atoms with Crippen molar-refractivity contribution in [1.29, 1.82) is 5.26 Å². The Bertz CT molecular complexity index is 589. The molecule has 0 amide bonds. The van der Waals surface area contributed by atoms with Crippen LogP contribution >= 0.6 is 0 Å². The predicted molar refractivity (Wildman–Crippen MR) is 176 cm³/mol. The standard InChI is InChI=1S/C37H70N2/c1-6-9-11-13-15-17-18-20-24-30-36(4)37(5,8-3)31-25-21-23-28-34-39(35-29-26-32-38)33-27-22-19-16-14-12-10-7-2/h8H,3-4,6-7,9-31,33-35H2,1-2,5H3. The number of hydrogen-bond donors (Lipinski definition) is 0. The molecule has 0 heterocycles. The van der Waals surface area contributed by atoms with Crippen molar-refractivity contribution in [2.75, 3.05) is 19.6 Å². The van der Waals surface area contributed by atoms with Gasteiger partial charge in [0.15, 0.2) is 0 Å². The van der Waals surface area contributed by atoms with Crippen molar-refractivity contribution >= 4 is 0 Å². The van der Waals surface area contributed by atoms with Gasteiger partial charge < -0.3 is 4.90 Å². The Kier molecular flexibility index (Phi) is 27.7. The third-order valence-electron chi connectivity index (χ3n) is 8.85. The first-order valence-electron chi connectivity index (χ1n) is 17.4. The van der Waals surface area contributed by atoms with Crippen LogP contribution in [0.2, 0.25) is 0 Å². The second-order valence-corrected chi connectivity index (χ2v) is 12.5. The minimum Gasteiger partial charge on any atom is -0.303 e. The summed E-state index contributed by atoms with van der Waals surface area (Å²) in [6.07, 6.45) is 34.9. The number of allylic oxidation sites excluding steroid dienone is 2. The summed E-state index contributed by atoms with van der Waals surface area (Å²) >= 11 is 0. The summed E-state index contributed by atoms with van der Waals surface area (Å²) in [5.41, 5.74) is 1.49. The van der Waals surface area contributed by atoms with E-state index >= 15 is 0 Å². The fourth-order valence-corrected chi connectivity index (χ4v) is 5.73. The average Bonchev–Trinajstić information content (AvgIpc) is 2.94. The normalized spacial score (nSPS) is 12.9. The van der Waals surface area contributed by atoms with Gasteiger partial charge in [0.1, 0.15) is 0 Å². The van der Waals surface area contributed by atoms with E-state index in [1.54, 1.807) is 0 Å². The fourth-order valence-electron chi connectivity index (χ4n) is 5.73. The minimum absolute atomic E-state index is 0.0972. The van der Waals surface area contributed by atoms with Crippen molar-refractivity contribution < 1.29 is 0 Å². The zero-order valence-corrected chi connectivity index (χ0v) is 27.2. The van der Waals surface area contributed by atoms with Crippen molar-refractivity contribution in [2.45, 2.75) is 181 Å². The SMILES string of the molecule is C=CC(C)(CCCCCCN(CCCC#N)CCCCCCCCCC)C(=C)CCCCCCCCCCC. The molecule has 0 aliphatic heterocycles. The molecular formula is C37H70N2. The van der Waals surface area contributed by atoms with Crippen LogP contribution in [0.5, 0.6) is 0 Å². The topological polar surface area (TPSA) is 27.0 Å². The van der Waals surface area contributed by atoms with Gasteiger partial charge in [0.05, 0.1) is 6.07 Å². The molecule has 0 saturated heterocycles. The maximum atomic E-state index is 8.95. The lowest BCUT2D eigenvalue weighted by Crippen LogP contribution is -2.27. The Hall–Kier alpha value is -1.07. The Morgan fingerprint density at radius 2 is 1.05 bits per heavy atom. The van der Waals surface area contributed by atoms with E-state index in [0.29, 0.717) is 6.42 Å². The third kappa shape index (κ3) is 23.3. The zero-order valence-electron chi connectivity index (χ0n) is 27.2. The van der Waals surface area contributed by atoms with Gasteiger partial charge in [-0.25, -0.2) is 0 Å². The number of hydrogen-bond acceptors (Lipinski definition) is 2. The molecule has 228 valence electrons. The third-order valence-corrected chi connectivity index (χ3v) is 8.85. The van der Waals surface area contributed by atoms with Crippen LogP contribution in [0.1, 0.15) is 181 Å². The molecule has 0 rings (SSSR count). The minimum atomic E-state index is 0.0972. The highest BCUT2D eigenvalue weighted by Gasteiger charge is 2.22. The predicted octanol–water partition coefficient (Wildman–Crippen LogP) is 12.4. The molecule has 0 aromatic carbocycles.